The number of carboxylic acids is 1. The fraction of sp³-hybridized carbons (Fsp3) is 0.0909. The highest BCUT2D eigenvalue weighted by molar-refractivity contribution is 7.11. The zero-order valence-corrected chi connectivity index (χ0v) is 9.76. The van der Waals surface area contributed by atoms with Crippen molar-refractivity contribution in [3.05, 3.63) is 50.9 Å². The van der Waals surface area contributed by atoms with Crippen LogP contribution in [0.3, 0.4) is 0 Å². The number of aromatic carboxylic acids is 1. The van der Waals surface area contributed by atoms with E-state index in [2.05, 4.69) is 4.98 Å². The zero-order chi connectivity index (χ0) is 11.5. The molecule has 0 unspecified atom stereocenters. The van der Waals surface area contributed by atoms with Crippen molar-refractivity contribution in [2.45, 2.75) is 6.42 Å². The molecule has 0 aliphatic heterocycles. The van der Waals surface area contributed by atoms with Gasteiger partial charge < -0.3 is 5.11 Å². The van der Waals surface area contributed by atoms with Crippen LogP contribution in [0.1, 0.15) is 20.9 Å². The molecule has 2 aromatic rings. The van der Waals surface area contributed by atoms with Gasteiger partial charge in [0.2, 0.25) is 0 Å². The molecule has 16 heavy (non-hydrogen) atoms. The fourth-order valence-corrected chi connectivity index (χ4v) is 2.27. The molecule has 0 saturated heterocycles. The van der Waals surface area contributed by atoms with Crippen molar-refractivity contribution >= 4 is 28.9 Å². The topological polar surface area (TPSA) is 50.2 Å². The van der Waals surface area contributed by atoms with Gasteiger partial charge in [-0.2, -0.15) is 0 Å². The van der Waals surface area contributed by atoms with E-state index < -0.39 is 5.97 Å². The summed E-state index contributed by atoms with van der Waals surface area (Å²) >= 11 is 6.99. The Morgan fingerprint density at radius 3 is 3.00 bits per heavy atom. The quantitative estimate of drug-likeness (QED) is 0.915. The zero-order valence-electron chi connectivity index (χ0n) is 8.18. The number of carbonyl (C=O) groups is 1. The number of benzene rings is 1. The van der Waals surface area contributed by atoms with Gasteiger partial charge in [-0.15, -0.1) is 11.3 Å². The van der Waals surface area contributed by atoms with E-state index in [1.165, 1.54) is 0 Å². The predicted molar refractivity (Wildman–Crippen MR) is 63.3 cm³/mol. The molecular weight excluding hydrogens is 246 g/mol. The molecule has 2 rings (SSSR count). The first-order valence-electron chi connectivity index (χ1n) is 4.57. The normalized spacial score (nSPS) is 10.3. The summed E-state index contributed by atoms with van der Waals surface area (Å²) in [5.74, 6) is -0.931. The van der Waals surface area contributed by atoms with E-state index in [4.69, 9.17) is 16.7 Å². The van der Waals surface area contributed by atoms with Crippen molar-refractivity contribution in [1.82, 2.24) is 4.98 Å². The monoisotopic (exact) mass is 253 g/mol. The van der Waals surface area contributed by atoms with E-state index in [0.29, 0.717) is 22.0 Å². The Kier molecular flexibility index (Phi) is 3.22. The van der Waals surface area contributed by atoms with Gasteiger partial charge in [0.05, 0.1) is 11.2 Å². The Morgan fingerprint density at radius 1 is 1.50 bits per heavy atom. The van der Waals surface area contributed by atoms with Crippen molar-refractivity contribution in [2.75, 3.05) is 0 Å². The Labute approximate surface area is 101 Å². The molecule has 0 amide bonds. The highest BCUT2D eigenvalue weighted by Crippen LogP contribution is 2.19. The summed E-state index contributed by atoms with van der Waals surface area (Å²) in [7, 11) is 0. The number of aromatic nitrogens is 1. The molecular formula is C11H8ClNO2S. The lowest BCUT2D eigenvalue weighted by atomic mass is 10.1. The van der Waals surface area contributed by atoms with Crippen LogP contribution in [0.15, 0.2) is 29.8 Å². The highest BCUT2D eigenvalue weighted by Gasteiger charge is 2.13. The molecule has 82 valence electrons. The molecule has 1 aromatic heterocycles. The second kappa shape index (κ2) is 4.63. The number of nitrogens with zero attached hydrogens (tertiary/aromatic N) is 1. The van der Waals surface area contributed by atoms with Gasteiger partial charge in [0, 0.05) is 11.4 Å². The third-order valence-corrected chi connectivity index (χ3v) is 3.19. The van der Waals surface area contributed by atoms with Gasteiger partial charge >= 0.3 is 5.97 Å². The van der Waals surface area contributed by atoms with Crippen LogP contribution in [-0.2, 0) is 6.42 Å². The SMILES string of the molecule is O=C(O)c1scnc1Cc1cccc(Cl)c1. The maximum Gasteiger partial charge on any atom is 0.347 e. The lowest BCUT2D eigenvalue weighted by molar-refractivity contribution is 0.0701. The summed E-state index contributed by atoms with van der Waals surface area (Å²) in [6.07, 6.45) is 0.492. The third kappa shape index (κ3) is 2.40. The minimum atomic E-state index is -0.931. The molecule has 1 N–H and O–H groups in total. The van der Waals surface area contributed by atoms with Crippen molar-refractivity contribution in [3.8, 4) is 0 Å². The maximum atomic E-state index is 10.9. The first-order valence-corrected chi connectivity index (χ1v) is 5.82. The molecule has 1 heterocycles. The lowest BCUT2D eigenvalue weighted by Crippen LogP contribution is -1.99. The minimum Gasteiger partial charge on any atom is -0.477 e. The molecule has 5 heteroatoms. The Bertz CT molecular complexity index is 524. The van der Waals surface area contributed by atoms with Gasteiger partial charge in [0.15, 0.2) is 0 Å². The van der Waals surface area contributed by atoms with E-state index in [9.17, 15) is 4.79 Å². The van der Waals surface area contributed by atoms with Crippen LogP contribution >= 0.6 is 22.9 Å². The number of hydrogen-bond acceptors (Lipinski definition) is 3. The van der Waals surface area contributed by atoms with Crippen molar-refractivity contribution < 1.29 is 9.90 Å². The fourth-order valence-electron chi connectivity index (χ4n) is 1.41. The number of thiazole rings is 1. The number of halogens is 1. The molecule has 0 atom stereocenters. The van der Waals surface area contributed by atoms with Gasteiger partial charge in [-0.05, 0) is 17.7 Å². The molecule has 0 saturated carbocycles. The standard InChI is InChI=1S/C11H8ClNO2S/c12-8-3-1-2-7(4-8)5-9-10(11(14)15)16-6-13-9/h1-4,6H,5H2,(H,14,15). The summed E-state index contributed by atoms with van der Waals surface area (Å²) in [6.45, 7) is 0. The molecule has 0 aliphatic carbocycles. The van der Waals surface area contributed by atoms with E-state index in [-0.39, 0.29) is 0 Å². The van der Waals surface area contributed by atoms with Crippen LogP contribution in [0, 0.1) is 0 Å². The van der Waals surface area contributed by atoms with Gasteiger partial charge in [-0.3, -0.25) is 0 Å². The number of hydrogen-bond donors (Lipinski definition) is 1. The molecule has 1 aromatic carbocycles. The Morgan fingerprint density at radius 2 is 2.31 bits per heavy atom. The Hall–Kier alpha value is -1.39. The smallest absolute Gasteiger partial charge is 0.347 e. The molecule has 0 spiro atoms. The largest absolute Gasteiger partial charge is 0.477 e. The van der Waals surface area contributed by atoms with Gasteiger partial charge in [-0.1, -0.05) is 23.7 Å². The summed E-state index contributed by atoms with van der Waals surface area (Å²) < 4.78 is 0. The van der Waals surface area contributed by atoms with Crippen molar-refractivity contribution in [2.24, 2.45) is 0 Å². The van der Waals surface area contributed by atoms with E-state index in [1.807, 2.05) is 18.2 Å². The number of rotatable bonds is 3. The van der Waals surface area contributed by atoms with Crippen LogP contribution in [-0.4, -0.2) is 16.1 Å². The van der Waals surface area contributed by atoms with Gasteiger partial charge in [0.1, 0.15) is 4.88 Å². The van der Waals surface area contributed by atoms with Crippen LogP contribution in [0.4, 0.5) is 0 Å². The molecule has 0 radical (unpaired) electrons. The van der Waals surface area contributed by atoms with Crippen molar-refractivity contribution in [3.63, 3.8) is 0 Å². The first kappa shape index (κ1) is 11.1. The first-order chi connectivity index (χ1) is 7.66. The molecule has 0 bridgehead atoms. The average molecular weight is 254 g/mol. The average Bonchev–Trinajstić information content (AvgIpc) is 2.66. The van der Waals surface area contributed by atoms with Crippen LogP contribution in [0.25, 0.3) is 0 Å². The minimum absolute atomic E-state index is 0.292. The lowest BCUT2D eigenvalue weighted by Gasteiger charge is -2.00. The van der Waals surface area contributed by atoms with Crippen LogP contribution < -0.4 is 0 Å². The van der Waals surface area contributed by atoms with E-state index >= 15 is 0 Å². The van der Waals surface area contributed by atoms with Gasteiger partial charge in [0.25, 0.3) is 0 Å². The van der Waals surface area contributed by atoms with E-state index in [1.54, 1.807) is 11.6 Å². The van der Waals surface area contributed by atoms with Crippen molar-refractivity contribution in [1.29, 1.82) is 0 Å². The van der Waals surface area contributed by atoms with E-state index in [0.717, 1.165) is 16.9 Å². The molecule has 0 aliphatic rings. The summed E-state index contributed by atoms with van der Waals surface area (Å²) in [5, 5.41) is 9.57. The number of carboxylic acid groups (broad SMARTS) is 1. The third-order valence-electron chi connectivity index (χ3n) is 2.10. The second-order valence-electron chi connectivity index (χ2n) is 3.24. The molecule has 3 nitrogen and oxygen atoms in total. The maximum absolute atomic E-state index is 10.9. The van der Waals surface area contributed by atoms with Crippen LogP contribution in [0.5, 0.6) is 0 Å². The predicted octanol–water partition coefficient (Wildman–Crippen LogP) is 3.09. The summed E-state index contributed by atoms with van der Waals surface area (Å²) in [5.41, 5.74) is 3.09. The van der Waals surface area contributed by atoms with Crippen LogP contribution in [0.2, 0.25) is 5.02 Å². The molecule has 0 fully saturated rings. The summed E-state index contributed by atoms with van der Waals surface area (Å²) in [4.78, 5) is 15.2. The van der Waals surface area contributed by atoms with Gasteiger partial charge in [-0.25, -0.2) is 9.78 Å². The Balaban J connectivity index is 2.27. The summed E-state index contributed by atoms with van der Waals surface area (Å²) in [6, 6.07) is 7.33. The second-order valence-corrected chi connectivity index (χ2v) is 4.53. The highest BCUT2D eigenvalue weighted by atomic mass is 35.5.